The molecule has 7 heteroatoms. The standard InChI is InChI=1S/C23H21N3O4/c1-14(2)21-25-20(30-26-21)13-28-23(27)18-7-5-4-6-17(18)22-24-12-19(29-22)16-10-8-15(3)9-11-16/h4-12,14H,13H2,1-3H3. The second-order valence-electron chi connectivity index (χ2n) is 7.22. The Kier molecular flexibility index (Phi) is 5.43. The molecule has 0 bridgehead atoms. The van der Waals surface area contributed by atoms with E-state index in [-0.39, 0.29) is 18.4 Å². The minimum Gasteiger partial charge on any atom is -0.452 e. The van der Waals surface area contributed by atoms with Crippen molar-refractivity contribution in [3.8, 4) is 22.8 Å². The molecule has 0 amide bonds. The summed E-state index contributed by atoms with van der Waals surface area (Å²) in [4.78, 5) is 21.3. The predicted molar refractivity (Wildman–Crippen MR) is 110 cm³/mol. The van der Waals surface area contributed by atoms with Gasteiger partial charge in [-0.1, -0.05) is 61.0 Å². The number of hydrogen-bond donors (Lipinski definition) is 0. The van der Waals surface area contributed by atoms with Gasteiger partial charge in [0.15, 0.2) is 18.2 Å². The molecule has 2 aromatic carbocycles. The van der Waals surface area contributed by atoms with Crippen LogP contribution in [0.3, 0.4) is 0 Å². The Balaban J connectivity index is 1.53. The summed E-state index contributed by atoms with van der Waals surface area (Å²) in [6.45, 7) is 5.83. The van der Waals surface area contributed by atoms with Crippen LogP contribution in [0.4, 0.5) is 0 Å². The summed E-state index contributed by atoms with van der Waals surface area (Å²) < 4.78 is 16.4. The summed E-state index contributed by atoms with van der Waals surface area (Å²) in [5.41, 5.74) is 2.97. The van der Waals surface area contributed by atoms with Crippen LogP contribution in [-0.4, -0.2) is 21.1 Å². The molecule has 30 heavy (non-hydrogen) atoms. The lowest BCUT2D eigenvalue weighted by atomic mass is 10.1. The summed E-state index contributed by atoms with van der Waals surface area (Å²) in [5, 5.41) is 3.87. The van der Waals surface area contributed by atoms with Crippen molar-refractivity contribution in [1.29, 1.82) is 0 Å². The van der Waals surface area contributed by atoms with E-state index < -0.39 is 5.97 Å². The van der Waals surface area contributed by atoms with E-state index in [0.717, 1.165) is 11.1 Å². The molecule has 7 nitrogen and oxygen atoms in total. The maximum Gasteiger partial charge on any atom is 0.339 e. The Hall–Kier alpha value is -3.74. The maximum atomic E-state index is 12.7. The average molecular weight is 403 g/mol. The first-order valence-electron chi connectivity index (χ1n) is 9.63. The number of hydrogen-bond acceptors (Lipinski definition) is 7. The van der Waals surface area contributed by atoms with Crippen LogP contribution in [-0.2, 0) is 11.3 Å². The van der Waals surface area contributed by atoms with E-state index in [9.17, 15) is 4.79 Å². The second-order valence-corrected chi connectivity index (χ2v) is 7.22. The number of oxazole rings is 1. The van der Waals surface area contributed by atoms with Crippen LogP contribution in [0, 0.1) is 6.92 Å². The van der Waals surface area contributed by atoms with Crippen LogP contribution in [0.25, 0.3) is 22.8 Å². The Morgan fingerprint density at radius 1 is 1.10 bits per heavy atom. The summed E-state index contributed by atoms with van der Waals surface area (Å²) >= 11 is 0. The number of aryl methyl sites for hydroxylation is 1. The highest BCUT2D eigenvalue weighted by Gasteiger charge is 2.19. The lowest BCUT2D eigenvalue weighted by Crippen LogP contribution is -2.07. The number of benzene rings is 2. The Morgan fingerprint density at radius 3 is 2.60 bits per heavy atom. The van der Waals surface area contributed by atoms with Crippen LogP contribution >= 0.6 is 0 Å². The van der Waals surface area contributed by atoms with Gasteiger partial charge in [-0.05, 0) is 19.1 Å². The topological polar surface area (TPSA) is 91.2 Å². The molecular formula is C23H21N3O4. The molecule has 0 radical (unpaired) electrons. The summed E-state index contributed by atoms with van der Waals surface area (Å²) in [5.74, 6) is 1.40. The molecule has 0 aliphatic heterocycles. The van der Waals surface area contributed by atoms with E-state index in [4.69, 9.17) is 13.7 Å². The smallest absolute Gasteiger partial charge is 0.339 e. The molecule has 0 aliphatic carbocycles. The van der Waals surface area contributed by atoms with Gasteiger partial charge in [0.05, 0.1) is 17.3 Å². The van der Waals surface area contributed by atoms with Crippen molar-refractivity contribution < 1.29 is 18.5 Å². The van der Waals surface area contributed by atoms with E-state index in [1.165, 1.54) is 0 Å². The first kappa shape index (κ1) is 19.6. The molecule has 0 aliphatic rings. The van der Waals surface area contributed by atoms with Gasteiger partial charge in [0.1, 0.15) is 0 Å². The van der Waals surface area contributed by atoms with Crippen molar-refractivity contribution in [2.75, 3.05) is 0 Å². The Bertz CT molecular complexity index is 1160. The lowest BCUT2D eigenvalue weighted by Gasteiger charge is -2.06. The fourth-order valence-electron chi connectivity index (χ4n) is 2.86. The van der Waals surface area contributed by atoms with E-state index in [0.29, 0.717) is 28.6 Å². The molecule has 0 spiro atoms. The van der Waals surface area contributed by atoms with Gasteiger partial charge >= 0.3 is 5.97 Å². The molecule has 2 aromatic heterocycles. The monoisotopic (exact) mass is 403 g/mol. The molecule has 4 aromatic rings. The maximum absolute atomic E-state index is 12.7. The molecule has 0 saturated carbocycles. The van der Waals surface area contributed by atoms with E-state index in [2.05, 4.69) is 15.1 Å². The molecule has 152 valence electrons. The average Bonchev–Trinajstić information content (AvgIpc) is 3.43. The highest BCUT2D eigenvalue weighted by atomic mass is 16.6. The molecule has 0 fully saturated rings. The van der Waals surface area contributed by atoms with Gasteiger partial charge in [0, 0.05) is 11.5 Å². The number of esters is 1. The molecule has 4 rings (SSSR count). The van der Waals surface area contributed by atoms with E-state index in [1.807, 2.05) is 51.1 Å². The number of carbonyl (C=O) groups excluding carboxylic acids is 1. The van der Waals surface area contributed by atoms with Crippen molar-refractivity contribution in [3.63, 3.8) is 0 Å². The fraction of sp³-hybridized carbons (Fsp3) is 0.217. The van der Waals surface area contributed by atoms with Crippen LogP contribution in [0.1, 0.15) is 47.4 Å². The number of ether oxygens (including phenoxy) is 1. The van der Waals surface area contributed by atoms with Crippen molar-refractivity contribution in [2.45, 2.75) is 33.3 Å². The van der Waals surface area contributed by atoms with Crippen molar-refractivity contribution >= 4 is 5.97 Å². The quantitative estimate of drug-likeness (QED) is 0.410. The molecule has 0 atom stereocenters. The number of aromatic nitrogens is 3. The van der Waals surface area contributed by atoms with Gasteiger partial charge in [-0.2, -0.15) is 4.98 Å². The number of rotatable bonds is 6. The zero-order chi connectivity index (χ0) is 21.1. The Labute approximate surface area is 173 Å². The lowest BCUT2D eigenvalue weighted by molar-refractivity contribution is 0.0430. The molecular weight excluding hydrogens is 382 g/mol. The van der Waals surface area contributed by atoms with Gasteiger partial charge in [0.2, 0.25) is 5.89 Å². The number of nitrogens with zero attached hydrogens (tertiary/aromatic N) is 3. The van der Waals surface area contributed by atoms with Gasteiger partial charge in [-0.3, -0.25) is 0 Å². The minimum absolute atomic E-state index is 0.104. The Morgan fingerprint density at radius 2 is 1.87 bits per heavy atom. The summed E-state index contributed by atoms with van der Waals surface area (Å²) in [7, 11) is 0. The molecule has 0 N–H and O–H groups in total. The van der Waals surface area contributed by atoms with Crippen molar-refractivity contribution in [2.24, 2.45) is 0 Å². The third-order valence-corrected chi connectivity index (χ3v) is 4.55. The van der Waals surface area contributed by atoms with Gasteiger partial charge in [0.25, 0.3) is 5.89 Å². The molecule has 2 heterocycles. The molecule has 0 saturated heterocycles. The van der Waals surface area contributed by atoms with E-state index in [1.54, 1.807) is 24.4 Å². The zero-order valence-corrected chi connectivity index (χ0v) is 17.0. The first-order valence-corrected chi connectivity index (χ1v) is 9.63. The third kappa shape index (κ3) is 4.15. The van der Waals surface area contributed by atoms with Crippen LogP contribution in [0.15, 0.2) is 63.7 Å². The van der Waals surface area contributed by atoms with Crippen LogP contribution in [0.2, 0.25) is 0 Å². The fourth-order valence-corrected chi connectivity index (χ4v) is 2.86. The normalized spacial score (nSPS) is 11.1. The zero-order valence-electron chi connectivity index (χ0n) is 17.0. The highest BCUT2D eigenvalue weighted by Crippen LogP contribution is 2.29. The number of carbonyl (C=O) groups is 1. The predicted octanol–water partition coefficient (Wildman–Crippen LogP) is 5.18. The minimum atomic E-state index is -0.523. The van der Waals surface area contributed by atoms with Crippen LogP contribution < -0.4 is 0 Å². The van der Waals surface area contributed by atoms with Crippen LogP contribution in [0.5, 0.6) is 0 Å². The first-order chi connectivity index (χ1) is 14.5. The van der Waals surface area contributed by atoms with Crippen molar-refractivity contribution in [1.82, 2.24) is 15.1 Å². The molecule has 0 unspecified atom stereocenters. The van der Waals surface area contributed by atoms with Gasteiger partial charge in [-0.15, -0.1) is 0 Å². The van der Waals surface area contributed by atoms with E-state index >= 15 is 0 Å². The highest BCUT2D eigenvalue weighted by molar-refractivity contribution is 5.96. The second kappa shape index (κ2) is 8.32. The van der Waals surface area contributed by atoms with Crippen molar-refractivity contribution in [3.05, 3.63) is 77.6 Å². The summed E-state index contributed by atoms with van der Waals surface area (Å²) in [6.07, 6.45) is 1.65. The van der Waals surface area contributed by atoms with Gasteiger partial charge < -0.3 is 13.7 Å². The SMILES string of the molecule is Cc1ccc(-c2cnc(-c3ccccc3C(=O)OCc3nc(C(C)C)no3)o2)cc1. The third-order valence-electron chi connectivity index (χ3n) is 4.55. The summed E-state index contributed by atoms with van der Waals surface area (Å²) in [6, 6.07) is 15.0. The van der Waals surface area contributed by atoms with Gasteiger partial charge in [-0.25, -0.2) is 9.78 Å². The largest absolute Gasteiger partial charge is 0.452 e.